The monoisotopic (exact) mass is 469 g/mol. The number of fused-ring (bicyclic) bond motifs is 1. The Kier molecular flexibility index (Phi) is 6.84. The summed E-state index contributed by atoms with van der Waals surface area (Å²) in [4.78, 5) is 21.9. The topological polar surface area (TPSA) is 62.6 Å². The lowest BCUT2D eigenvalue weighted by Gasteiger charge is -2.35. The molecule has 1 aliphatic rings. The SMILES string of the molecule is COc1ccc(CCNC(=O)N2CCN(c3nc4ccccc4n3Cc3ccccc3)CC2)cc1. The third-order valence-corrected chi connectivity index (χ3v) is 6.52. The Bertz CT molecular complexity index is 1260. The molecule has 2 heterocycles. The van der Waals surface area contributed by atoms with Crippen LogP contribution in [-0.4, -0.2) is 60.3 Å². The molecule has 0 spiro atoms. The third-order valence-electron chi connectivity index (χ3n) is 6.52. The zero-order valence-corrected chi connectivity index (χ0v) is 20.1. The highest BCUT2D eigenvalue weighted by Crippen LogP contribution is 2.25. The van der Waals surface area contributed by atoms with Gasteiger partial charge in [0.15, 0.2) is 0 Å². The molecule has 1 aliphatic heterocycles. The van der Waals surface area contributed by atoms with E-state index in [4.69, 9.17) is 9.72 Å². The molecule has 2 amide bonds. The van der Waals surface area contributed by atoms with Crippen molar-refractivity contribution in [1.29, 1.82) is 0 Å². The molecular formula is C28H31N5O2. The average Bonchev–Trinajstić information content (AvgIpc) is 3.28. The number of nitrogens with zero attached hydrogens (tertiary/aromatic N) is 4. The summed E-state index contributed by atoms with van der Waals surface area (Å²) in [5.41, 5.74) is 4.54. The lowest BCUT2D eigenvalue weighted by Crippen LogP contribution is -2.52. The first kappa shape index (κ1) is 22.8. The molecule has 180 valence electrons. The Morgan fingerprint density at radius 2 is 1.60 bits per heavy atom. The quantitative estimate of drug-likeness (QED) is 0.441. The lowest BCUT2D eigenvalue weighted by molar-refractivity contribution is 0.194. The Labute approximate surface area is 205 Å². The van der Waals surface area contributed by atoms with E-state index in [2.05, 4.69) is 57.2 Å². The highest BCUT2D eigenvalue weighted by atomic mass is 16.5. The van der Waals surface area contributed by atoms with Gasteiger partial charge in [0.05, 0.1) is 24.7 Å². The van der Waals surface area contributed by atoms with Crippen molar-refractivity contribution in [3.63, 3.8) is 0 Å². The molecule has 3 aromatic carbocycles. The van der Waals surface area contributed by atoms with Crippen molar-refractivity contribution >= 4 is 23.0 Å². The van der Waals surface area contributed by atoms with Crippen LogP contribution in [0.15, 0.2) is 78.9 Å². The first-order valence-corrected chi connectivity index (χ1v) is 12.1. The molecule has 5 rings (SSSR count). The summed E-state index contributed by atoms with van der Waals surface area (Å²) < 4.78 is 7.49. The van der Waals surface area contributed by atoms with Gasteiger partial charge in [-0.25, -0.2) is 9.78 Å². The highest BCUT2D eigenvalue weighted by molar-refractivity contribution is 5.79. The molecule has 0 radical (unpaired) electrons. The van der Waals surface area contributed by atoms with Gasteiger partial charge >= 0.3 is 6.03 Å². The van der Waals surface area contributed by atoms with E-state index >= 15 is 0 Å². The molecule has 1 saturated heterocycles. The van der Waals surface area contributed by atoms with Crippen molar-refractivity contribution in [3.05, 3.63) is 90.0 Å². The fourth-order valence-electron chi connectivity index (χ4n) is 4.55. The number of amides is 2. The molecule has 4 aromatic rings. The van der Waals surface area contributed by atoms with Crippen LogP contribution in [0.5, 0.6) is 5.75 Å². The number of rotatable bonds is 7. The van der Waals surface area contributed by atoms with Crippen LogP contribution in [0.25, 0.3) is 11.0 Å². The van der Waals surface area contributed by atoms with E-state index in [1.54, 1.807) is 7.11 Å². The summed E-state index contributed by atoms with van der Waals surface area (Å²) in [7, 11) is 1.66. The summed E-state index contributed by atoms with van der Waals surface area (Å²) in [5, 5.41) is 3.07. The van der Waals surface area contributed by atoms with E-state index in [-0.39, 0.29) is 6.03 Å². The van der Waals surface area contributed by atoms with Crippen LogP contribution in [0, 0.1) is 0 Å². The molecule has 7 nitrogen and oxygen atoms in total. The van der Waals surface area contributed by atoms with E-state index < -0.39 is 0 Å². The molecule has 1 fully saturated rings. The van der Waals surface area contributed by atoms with Crippen molar-refractivity contribution in [2.45, 2.75) is 13.0 Å². The lowest BCUT2D eigenvalue weighted by atomic mass is 10.1. The zero-order chi connectivity index (χ0) is 24.0. The van der Waals surface area contributed by atoms with Crippen LogP contribution in [0.4, 0.5) is 10.7 Å². The van der Waals surface area contributed by atoms with Gasteiger partial charge in [0, 0.05) is 32.7 Å². The number of carbonyl (C=O) groups is 1. The van der Waals surface area contributed by atoms with Crippen LogP contribution in [0.1, 0.15) is 11.1 Å². The number of hydrogen-bond acceptors (Lipinski definition) is 4. The maximum Gasteiger partial charge on any atom is 0.317 e. The van der Waals surface area contributed by atoms with Crippen LogP contribution >= 0.6 is 0 Å². The van der Waals surface area contributed by atoms with Crippen LogP contribution < -0.4 is 15.0 Å². The number of para-hydroxylation sites is 2. The van der Waals surface area contributed by atoms with Crippen molar-refractivity contribution in [1.82, 2.24) is 19.8 Å². The number of aromatic nitrogens is 2. The van der Waals surface area contributed by atoms with Gasteiger partial charge in [-0.2, -0.15) is 0 Å². The molecular weight excluding hydrogens is 438 g/mol. The number of carbonyl (C=O) groups excluding carboxylic acids is 1. The molecule has 0 saturated carbocycles. The maximum absolute atomic E-state index is 12.7. The molecule has 35 heavy (non-hydrogen) atoms. The van der Waals surface area contributed by atoms with Crippen LogP contribution in [-0.2, 0) is 13.0 Å². The second-order valence-electron chi connectivity index (χ2n) is 8.78. The number of urea groups is 1. The molecule has 0 atom stereocenters. The largest absolute Gasteiger partial charge is 0.497 e. The molecule has 1 aromatic heterocycles. The first-order chi connectivity index (χ1) is 17.2. The zero-order valence-electron chi connectivity index (χ0n) is 20.1. The van der Waals surface area contributed by atoms with Gasteiger partial charge in [0.25, 0.3) is 0 Å². The molecule has 0 bridgehead atoms. The minimum Gasteiger partial charge on any atom is -0.497 e. The van der Waals surface area contributed by atoms with E-state index in [0.29, 0.717) is 19.6 Å². The fraction of sp³-hybridized carbons (Fsp3) is 0.286. The number of hydrogen-bond donors (Lipinski definition) is 1. The minimum absolute atomic E-state index is 0.00375. The maximum atomic E-state index is 12.7. The summed E-state index contributed by atoms with van der Waals surface area (Å²) >= 11 is 0. The smallest absolute Gasteiger partial charge is 0.317 e. The van der Waals surface area contributed by atoms with Gasteiger partial charge in [-0.05, 0) is 41.8 Å². The molecule has 0 aliphatic carbocycles. The first-order valence-electron chi connectivity index (χ1n) is 12.1. The highest BCUT2D eigenvalue weighted by Gasteiger charge is 2.24. The molecule has 7 heteroatoms. The van der Waals surface area contributed by atoms with Gasteiger partial charge in [0.2, 0.25) is 5.95 Å². The van der Waals surface area contributed by atoms with E-state index in [1.807, 2.05) is 41.3 Å². The average molecular weight is 470 g/mol. The number of imidazole rings is 1. The van der Waals surface area contributed by atoms with Crippen LogP contribution in [0.2, 0.25) is 0 Å². The van der Waals surface area contributed by atoms with E-state index in [1.165, 1.54) is 11.1 Å². The summed E-state index contributed by atoms with van der Waals surface area (Å²) in [6.45, 7) is 4.22. The van der Waals surface area contributed by atoms with Crippen LogP contribution in [0.3, 0.4) is 0 Å². The van der Waals surface area contributed by atoms with Crippen molar-refractivity contribution in [3.8, 4) is 5.75 Å². The number of methoxy groups -OCH3 is 1. The van der Waals surface area contributed by atoms with Crippen molar-refractivity contribution < 1.29 is 9.53 Å². The normalized spacial score (nSPS) is 13.7. The predicted octanol–water partition coefficient (Wildman–Crippen LogP) is 4.17. The molecule has 1 N–H and O–H groups in total. The Hall–Kier alpha value is -4.00. The summed E-state index contributed by atoms with van der Waals surface area (Å²) in [6, 6.07) is 26.7. The number of ether oxygens (including phenoxy) is 1. The Morgan fingerprint density at radius 1 is 0.886 bits per heavy atom. The van der Waals surface area contributed by atoms with Gasteiger partial charge in [0.1, 0.15) is 5.75 Å². The standard InChI is InChI=1S/C28H31N5O2/c1-35-24-13-11-22(12-14-24)15-16-29-28(34)32-19-17-31(18-20-32)27-30-25-9-5-6-10-26(25)33(27)21-23-7-3-2-4-8-23/h2-14H,15-21H2,1H3,(H,29,34). The molecule has 0 unspecified atom stereocenters. The Balaban J connectivity index is 1.20. The van der Waals surface area contributed by atoms with Gasteiger partial charge in [-0.3, -0.25) is 0 Å². The van der Waals surface area contributed by atoms with E-state index in [0.717, 1.165) is 48.8 Å². The van der Waals surface area contributed by atoms with Crippen molar-refractivity contribution in [2.75, 3.05) is 44.7 Å². The number of anilines is 1. The summed E-state index contributed by atoms with van der Waals surface area (Å²) in [6.07, 6.45) is 0.791. The second kappa shape index (κ2) is 10.5. The predicted molar refractivity (Wildman–Crippen MR) is 139 cm³/mol. The summed E-state index contributed by atoms with van der Waals surface area (Å²) in [5.74, 6) is 1.81. The second-order valence-corrected chi connectivity index (χ2v) is 8.78. The number of piperazine rings is 1. The fourth-order valence-corrected chi connectivity index (χ4v) is 4.55. The van der Waals surface area contributed by atoms with Gasteiger partial charge < -0.3 is 24.4 Å². The van der Waals surface area contributed by atoms with E-state index in [9.17, 15) is 4.79 Å². The third kappa shape index (κ3) is 5.24. The van der Waals surface area contributed by atoms with Gasteiger partial charge in [-0.1, -0.05) is 54.6 Å². The van der Waals surface area contributed by atoms with Gasteiger partial charge in [-0.15, -0.1) is 0 Å². The minimum atomic E-state index is -0.00375. The Morgan fingerprint density at radius 3 is 2.34 bits per heavy atom. The number of nitrogens with one attached hydrogen (secondary N) is 1. The number of benzene rings is 3. The van der Waals surface area contributed by atoms with Crippen molar-refractivity contribution in [2.24, 2.45) is 0 Å².